The summed E-state index contributed by atoms with van der Waals surface area (Å²) in [5.74, 6) is -0.368. The summed E-state index contributed by atoms with van der Waals surface area (Å²) in [6, 6.07) is 14.2. The fourth-order valence-electron chi connectivity index (χ4n) is 2.68. The van der Waals surface area contributed by atoms with E-state index >= 15 is 0 Å². The zero-order valence-corrected chi connectivity index (χ0v) is 17.4. The molecule has 5 nitrogen and oxygen atoms in total. The lowest BCUT2D eigenvalue weighted by atomic mass is 10.1. The molecule has 1 N–H and O–H groups in total. The van der Waals surface area contributed by atoms with E-state index in [1.165, 1.54) is 0 Å². The zero-order chi connectivity index (χ0) is 20.2. The summed E-state index contributed by atoms with van der Waals surface area (Å²) in [7, 11) is 0.204. The third-order valence-electron chi connectivity index (χ3n) is 4.49. The number of hydrogen-bond donors (Lipinski definition) is 1. The minimum Gasteiger partial charge on any atom is -0.378 e. The van der Waals surface area contributed by atoms with Gasteiger partial charge in [0.2, 0.25) is 5.91 Å². The van der Waals surface area contributed by atoms with Gasteiger partial charge in [-0.1, -0.05) is 43.7 Å². The maximum atomic E-state index is 13.3. The Morgan fingerprint density at radius 3 is 2.04 bits per heavy atom. The van der Waals surface area contributed by atoms with Gasteiger partial charge < -0.3 is 10.2 Å². The predicted molar refractivity (Wildman–Crippen MR) is 110 cm³/mol. The van der Waals surface area contributed by atoms with Crippen molar-refractivity contribution < 1.29 is 13.2 Å². The van der Waals surface area contributed by atoms with E-state index in [2.05, 4.69) is 5.32 Å². The number of nitrogens with one attached hydrogen (secondary N) is 1. The number of anilines is 1. The molecular weight excluding hydrogens is 360 g/mol. The molecule has 0 saturated carbocycles. The second-order valence-electron chi connectivity index (χ2n) is 7.23. The van der Waals surface area contributed by atoms with Gasteiger partial charge in [0.05, 0.1) is 4.90 Å². The molecule has 0 radical (unpaired) electrons. The average molecular weight is 389 g/mol. The van der Waals surface area contributed by atoms with E-state index in [0.717, 1.165) is 11.3 Å². The summed E-state index contributed by atoms with van der Waals surface area (Å²) in [4.78, 5) is 14.2. The average Bonchev–Trinajstić information content (AvgIpc) is 2.62. The molecule has 0 heterocycles. The first kappa shape index (κ1) is 21.0. The standard InChI is InChI=1S/C21H28N2O3S/c1-15(2)21(24)22-14-20(17-8-10-18(11-9-17)23(4)5)27(25,26)19-12-6-16(3)7-13-19/h6-13,15,20H,14H2,1-5H3,(H,22,24)/t20-/m1/s1. The minimum absolute atomic E-state index is 0.0362. The maximum Gasteiger partial charge on any atom is 0.222 e. The van der Waals surface area contributed by atoms with Crippen molar-refractivity contribution in [1.29, 1.82) is 0 Å². The van der Waals surface area contributed by atoms with Crippen LogP contribution in [0.4, 0.5) is 5.69 Å². The summed E-state index contributed by atoms with van der Waals surface area (Å²) in [6.45, 7) is 5.51. The molecule has 0 aliphatic rings. The van der Waals surface area contributed by atoms with Gasteiger partial charge >= 0.3 is 0 Å². The van der Waals surface area contributed by atoms with Crippen LogP contribution in [0.15, 0.2) is 53.4 Å². The smallest absolute Gasteiger partial charge is 0.222 e. The highest BCUT2D eigenvalue weighted by atomic mass is 32.2. The lowest BCUT2D eigenvalue weighted by molar-refractivity contribution is -0.123. The fraction of sp³-hybridized carbons (Fsp3) is 0.381. The van der Waals surface area contributed by atoms with Gasteiger partial charge in [0, 0.05) is 32.2 Å². The molecule has 146 valence electrons. The summed E-state index contributed by atoms with van der Waals surface area (Å²) in [6.07, 6.45) is 0. The molecule has 2 rings (SSSR count). The van der Waals surface area contributed by atoms with Crippen LogP contribution in [-0.2, 0) is 14.6 Å². The number of hydrogen-bond acceptors (Lipinski definition) is 4. The molecule has 2 aromatic carbocycles. The Hall–Kier alpha value is -2.34. The normalized spacial score (nSPS) is 12.7. The minimum atomic E-state index is -3.65. The molecule has 27 heavy (non-hydrogen) atoms. The molecule has 0 aliphatic carbocycles. The van der Waals surface area contributed by atoms with Crippen LogP contribution in [0.25, 0.3) is 0 Å². The highest BCUT2D eigenvalue weighted by Crippen LogP contribution is 2.30. The van der Waals surface area contributed by atoms with E-state index < -0.39 is 15.1 Å². The summed E-state index contributed by atoms with van der Waals surface area (Å²) in [5, 5.41) is 1.93. The van der Waals surface area contributed by atoms with E-state index in [1.54, 1.807) is 38.1 Å². The lowest BCUT2D eigenvalue weighted by Gasteiger charge is -2.21. The molecule has 2 aromatic rings. The molecular formula is C21H28N2O3S. The van der Waals surface area contributed by atoms with Gasteiger partial charge in [0.25, 0.3) is 0 Å². The van der Waals surface area contributed by atoms with Crippen LogP contribution in [-0.4, -0.2) is 35.0 Å². The van der Waals surface area contributed by atoms with Crippen LogP contribution in [0, 0.1) is 12.8 Å². The Kier molecular flexibility index (Phi) is 6.65. The Morgan fingerprint density at radius 1 is 1.00 bits per heavy atom. The van der Waals surface area contributed by atoms with Gasteiger partial charge in [0.1, 0.15) is 5.25 Å². The largest absolute Gasteiger partial charge is 0.378 e. The van der Waals surface area contributed by atoms with Gasteiger partial charge in [-0.15, -0.1) is 0 Å². The van der Waals surface area contributed by atoms with Crippen molar-refractivity contribution in [2.24, 2.45) is 5.92 Å². The molecule has 0 saturated heterocycles. The van der Waals surface area contributed by atoms with Gasteiger partial charge in [0.15, 0.2) is 9.84 Å². The van der Waals surface area contributed by atoms with Crippen molar-refractivity contribution in [3.8, 4) is 0 Å². The summed E-state index contributed by atoms with van der Waals surface area (Å²) < 4.78 is 26.6. The van der Waals surface area contributed by atoms with Crippen molar-refractivity contribution in [3.63, 3.8) is 0 Å². The predicted octanol–water partition coefficient (Wildman–Crippen LogP) is 3.35. The second-order valence-corrected chi connectivity index (χ2v) is 9.36. The van der Waals surface area contributed by atoms with Gasteiger partial charge in [-0.05, 0) is 36.8 Å². The first-order chi connectivity index (χ1) is 12.6. The third-order valence-corrected chi connectivity index (χ3v) is 6.61. The molecule has 0 spiro atoms. The highest BCUT2D eigenvalue weighted by molar-refractivity contribution is 7.91. The van der Waals surface area contributed by atoms with E-state index in [0.29, 0.717) is 5.56 Å². The maximum absolute atomic E-state index is 13.3. The second kappa shape index (κ2) is 8.57. The topological polar surface area (TPSA) is 66.5 Å². The molecule has 0 aromatic heterocycles. The number of carbonyl (C=O) groups is 1. The molecule has 1 amide bonds. The van der Waals surface area contributed by atoms with E-state index in [9.17, 15) is 13.2 Å². The Balaban J connectivity index is 2.42. The molecule has 0 bridgehead atoms. The fourth-order valence-corrected chi connectivity index (χ4v) is 4.35. The van der Waals surface area contributed by atoms with Crippen molar-refractivity contribution in [2.45, 2.75) is 30.9 Å². The lowest BCUT2D eigenvalue weighted by Crippen LogP contribution is -2.34. The Labute approximate surface area is 162 Å². The SMILES string of the molecule is Cc1ccc(S(=O)(=O)[C@H](CNC(=O)C(C)C)c2ccc(N(C)C)cc2)cc1. The Morgan fingerprint density at radius 2 is 1.56 bits per heavy atom. The van der Waals surface area contributed by atoms with Gasteiger partial charge in [-0.2, -0.15) is 0 Å². The summed E-state index contributed by atoms with van der Waals surface area (Å²) in [5.41, 5.74) is 2.63. The summed E-state index contributed by atoms with van der Waals surface area (Å²) >= 11 is 0. The molecule has 1 atom stereocenters. The molecule has 0 aliphatic heterocycles. The molecule has 0 fully saturated rings. The van der Waals surface area contributed by atoms with E-state index in [1.807, 2.05) is 50.2 Å². The van der Waals surface area contributed by atoms with Crippen molar-refractivity contribution in [3.05, 3.63) is 59.7 Å². The van der Waals surface area contributed by atoms with E-state index in [4.69, 9.17) is 0 Å². The number of sulfone groups is 1. The van der Waals surface area contributed by atoms with Crippen molar-refractivity contribution >= 4 is 21.4 Å². The van der Waals surface area contributed by atoms with Gasteiger partial charge in [-0.3, -0.25) is 4.79 Å². The van der Waals surface area contributed by atoms with Crippen LogP contribution in [0.3, 0.4) is 0 Å². The van der Waals surface area contributed by atoms with Crippen LogP contribution < -0.4 is 10.2 Å². The van der Waals surface area contributed by atoms with Crippen LogP contribution in [0.2, 0.25) is 0 Å². The van der Waals surface area contributed by atoms with Crippen LogP contribution in [0.5, 0.6) is 0 Å². The van der Waals surface area contributed by atoms with Crippen LogP contribution >= 0.6 is 0 Å². The van der Waals surface area contributed by atoms with Gasteiger partial charge in [-0.25, -0.2) is 8.42 Å². The molecule has 0 unspecified atom stereocenters. The zero-order valence-electron chi connectivity index (χ0n) is 16.6. The number of rotatable bonds is 7. The first-order valence-electron chi connectivity index (χ1n) is 8.98. The quantitative estimate of drug-likeness (QED) is 0.790. The third kappa shape index (κ3) is 5.10. The monoisotopic (exact) mass is 388 g/mol. The van der Waals surface area contributed by atoms with E-state index in [-0.39, 0.29) is 23.3 Å². The van der Waals surface area contributed by atoms with Crippen LogP contribution in [0.1, 0.15) is 30.2 Å². The highest BCUT2D eigenvalue weighted by Gasteiger charge is 2.30. The first-order valence-corrected chi connectivity index (χ1v) is 10.5. The number of aryl methyl sites for hydroxylation is 1. The number of nitrogens with zero attached hydrogens (tertiary/aromatic N) is 1. The number of amides is 1. The number of carbonyl (C=O) groups excluding carboxylic acids is 1. The van der Waals surface area contributed by atoms with Crippen molar-refractivity contribution in [2.75, 3.05) is 25.5 Å². The Bertz CT molecular complexity index is 871. The van der Waals surface area contributed by atoms with Crippen molar-refractivity contribution in [1.82, 2.24) is 5.32 Å². The molecule has 6 heteroatoms. The number of benzene rings is 2.